The van der Waals surface area contributed by atoms with Gasteiger partial charge in [0.05, 0.1) is 24.3 Å². The first-order valence-electron chi connectivity index (χ1n) is 8.30. The average Bonchev–Trinajstić information content (AvgIpc) is 3.20. The Morgan fingerprint density at radius 3 is 2.71 bits per heavy atom. The van der Waals surface area contributed by atoms with Gasteiger partial charge in [-0.05, 0) is 39.3 Å². The van der Waals surface area contributed by atoms with Gasteiger partial charge in [0, 0.05) is 32.0 Å². The van der Waals surface area contributed by atoms with E-state index in [-0.39, 0.29) is 17.9 Å². The smallest absolute Gasteiger partial charge is 0.228 e. The van der Waals surface area contributed by atoms with Crippen molar-refractivity contribution < 1.29 is 13.9 Å². The fraction of sp³-hybridized carbons (Fsp3) is 0.556. The van der Waals surface area contributed by atoms with Crippen LogP contribution in [0.15, 0.2) is 16.5 Å². The average molecular weight is 331 g/mol. The molecule has 1 fully saturated rings. The van der Waals surface area contributed by atoms with Crippen LogP contribution in [0, 0.1) is 26.7 Å². The van der Waals surface area contributed by atoms with Crippen LogP contribution < -0.4 is 0 Å². The lowest BCUT2D eigenvalue weighted by atomic mass is 9.92. The molecule has 0 bridgehead atoms. The molecule has 2 aromatic heterocycles. The number of aryl methyl sites for hydroxylation is 3. The predicted molar refractivity (Wildman–Crippen MR) is 89.4 cm³/mol. The summed E-state index contributed by atoms with van der Waals surface area (Å²) in [4.78, 5) is 14.7. The maximum Gasteiger partial charge on any atom is 0.228 e. The number of nitrogens with zero attached hydrogens (tertiary/aromatic N) is 3. The van der Waals surface area contributed by atoms with Crippen LogP contribution in [0.25, 0.3) is 0 Å². The molecule has 6 nitrogen and oxygen atoms in total. The number of hydrogen-bond donors (Lipinski definition) is 0. The van der Waals surface area contributed by atoms with E-state index in [0.717, 1.165) is 34.9 Å². The lowest BCUT2D eigenvalue weighted by molar-refractivity contribution is -0.136. The largest absolute Gasteiger partial charge is 0.464 e. The van der Waals surface area contributed by atoms with Gasteiger partial charge >= 0.3 is 0 Å². The third-order valence-electron chi connectivity index (χ3n) is 4.82. The van der Waals surface area contributed by atoms with Gasteiger partial charge in [-0.15, -0.1) is 0 Å². The summed E-state index contributed by atoms with van der Waals surface area (Å²) in [5.41, 5.74) is 3.04. The second-order valence-corrected chi connectivity index (χ2v) is 6.60. The molecule has 0 saturated carbocycles. The number of furan rings is 1. The van der Waals surface area contributed by atoms with Crippen molar-refractivity contribution in [3.8, 4) is 0 Å². The molecule has 0 aromatic carbocycles. The zero-order valence-electron chi connectivity index (χ0n) is 15.0. The Labute approximate surface area is 142 Å². The molecule has 130 valence electrons. The highest BCUT2D eigenvalue weighted by molar-refractivity contribution is 5.79. The lowest BCUT2D eigenvalue weighted by Gasteiger charge is -2.24. The second kappa shape index (κ2) is 6.43. The topological polar surface area (TPSA) is 60.5 Å². The predicted octanol–water partition coefficient (Wildman–Crippen LogP) is 2.67. The van der Waals surface area contributed by atoms with Crippen molar-refractivity contribution >= 4 is 5.91 Å². The highest BCUT2D eigenvalue weighted by atomic mass is 16.5. The molecule has 1 aliphatic rings. The van der Waals surface area contributed by atoms with Crippen LogP contribution in [0.2, 0.25) is 0 Å². The van der Waals surface area contributed by atoms with Crippen LogP contribution in [-0.2, 0) is 23.1 Å². The van der Waals surface area contributed by atoms with Crippen LogP contribution in [0.3, 0.4) is 0 Å². The van der Waals surface area contributed by atoms with Gasteiger partial charge in [0.2, 0.25) is 5.91 Å². The Morgan fingerprint density at radius 1 is 1.38 bits per heavy atom. The molecule has 0 N–H and O–H groups in total. The Hall–Kier alpha value is -2.08. The molecule has 2 atom stereocenters. The minimum atomic E-state index is -0.216. The molecule has 0 aliphatic carbocycles. The fourth-order valence-corrected chi connectivity index (χ4v) is 3.49. The van der Waals surface area contributed by atoms with Gasteiger partial charge in [0.1, 0.15) is 11.5 Å². The molecule has 3 rings (SSSR count). The number of carbonyl (C=O) groups is 1. The van der Waals surface area contributed by atoms with Crippen molar-refractivity contribution in [1.29, 1.82) is 0 Å². The van der Waals surface area contributed by atoms with Gasteiger partial charge in [0.25, 0.3) is 0 Å². The van der Waals surface area contributed by atoms with Gasteiger partial charge in [-0.3, -0.25) is 9.48 Å². The molecule has 24 heavy (non-hydrogen) atoms. The molecule has 2 aromatic rings. The molecule has 6 heteroatoms. The number of rotatable bonds is 4. The van der Waals surface area contributed by atoms with Gasteiger partial charge in [-0.25, -0.2) is 0 Å². The highest BCUT2D eigenvalue weighted by Gasteiger charge is 2.39. The van der Waals surface area contributed by atoms with E-state index in [1.807, 2.05) is 51.7 Å². The van der Waals surface area contributed by atoms with Gasteiger partial charge < -0.3 is 14.1 Å². The quantitative estimate of drug-likeness (QED) is 0.864. The van der Waals surface area contributed by atoms with E-state index < -0.39 is 0 Å². The zero-order chi connectivity index (χ0) is 17.4. The Balaban J connectivity index is 1.78. The minimum Gasteiger partial charge on any atom is -0.464 e. The van der Waals surface area contributed by atoms with E-state index in [1.54, 1.807) is 4.90 Å². The Morgan fingerprint density at radius 2 is 2.12 bits per heavy atom. The SMILES string of the molecule is Cc1ccc(CN(C)C(=O)[C@H]2CCO[C@@H]2c2c(C)nn(C)c2C)o1. The number of ether oxygens (including phenoxy) is 1. The van der Waals surface area contributed by atoms with Crippen molar-refractivity contribution in [3.05, 3.63) is 40.6 Å². The summed E-state index contributed by atoms with van der Waals surface area (Å²) in [5, 5.41) is 4.46. The van der Waals surface area contributed by atoms with E-state index in [9.17, 15) is 4.79 Å². The van der Waals surface area contributed by atoms with Crippen LogP contribution in [0.4, 0.5) is 0 Å². The van der Waals surface area contributed by atoms with E-state index in [0.29, 0.717) is 13.2 Å². The molecule has 1 amide bonds. The molecule has 1 saturated heterocycles. The summed E-state index contributed by atoms with van der Waals surface area (Å²) in [6.45, 7) is 6.97. The molecule has 0 spiro atoms. The summed E-state index contributed by atoms with van der Waals surface area (Å²) in [5.74, 6) is 1.57. The monoisotopic (exact) mass is 331 g/mol. The number of aromatic nitrogens is 2. The van der Waals surface area contributed by atoms with Crippen LogP contribution in [-0.4, -0.2) is 34.2 Å². The van der Waals surface area contributed by atoms with Gasteiger partial charge in [0.15, 0.2) is 0 Å². The van der Waals surface area contributed by atoms with Crippen LogP contribution in [0.1, 0.15) is 41.0 Å². The van der Waals surface area contributed by atoms with Crippen molar-refractivity contribution in [1.82, 2.24) is 14.7 Å². The maximum atomic E-state index is 12.9. The fourth-order valence-electron chi connectivity index (χ4n) is 3.49. The third-order valence-corrected chi connectivity index (χ3v) is 4.82. The van der Waals surface area contributed by atoms with Crippen molar-refractivity contribution in [2.45, 2.75) is 39.8 Å². The molecular weight excluding hydrogens is 306 g/mol. The molecule has 0 unspecified atom stereocenters. The summed E-state index contributed by atoms with van der Waals surface area (Å²) in [6, 6.07) is 3.83. The molecule has 3 heterocycles. The second-order valence-electron chi connectivity index (χ2n) is 6.60. The summed E-state index contributed by atoms with van der Waals surface area (Å²) >= 11 is 0. The molecular formula is C18H25N3O3. The number of amides is 1. The zero-order valence-corrected chi connectivity index (χ0v) is 15.0. The van der Waals surface area contributed by atoms with Gasteiger partial charge in [-0.1, -0.05) is 0 Å². The maximum absolute atomic E-state index is 12.9. The first kappa shape index (κ1) is 16.8. The normalized spacial score (nSPS) is 20.5. The third kappa shape index (κ3) is 2.98. The summed E-state index contributed by atoms with van der Waals surface area (Å²) in [6.07, 6.45) is 0.519. The van der Waals surface area contributed by atoms with E-state index in [4.69, 9.17) is 9.15 Å². The first-order chi connectivity index (χ1) is 11.4. The van der Waals surface area contributed by atoms with Crippen LogP contribution in [0.5, 0.6) is 0 Å². The first-order valence-corrected chi connectivity index (χ1v) is 8.30. The van der Waals surface area contributed by atoms with E-state index >= 15 is 0 Å². The van der Waals surface area contributed by atoms with Crippen molar-refractivity contribution in [2.75, 3.05) is 13.7 Å². The standard InChI is InChI=1S/C18H25N3O3/c1-11-6-7-14(24-11)10-20(4)18(22)15-8-9-23-17(15)16-12(2)19-21(5)13(16)3/h6-7,15,17H,8-10H2,1-5H3/t15-,17-/m0/s1. The summed E-state index contributed by atoms with van der Waals surface area (Å²) < 4.78 is 13.4. The summed E-state index contributed by atoms with van der Waals surface area (Å²) in [7, 11) is 3.74. The Bertz CT molecular complexity index is 747. The highest BCUT2D eigenvalue weighted by Crippen LogP contribution is 2.38. The number of hydrogen-bond acceptors (Lipinski definition) is 4. The van der Waals surface area contributed by atoms with Crippen molar-refractivity contribution in [3.63, 3.8) is 0 Å². The van der Waals surface area contributed by atoms with E-state index in [2.05, 4.69) is 5.10 Å². The minimum absolute atomic E-state index is 0.0919. The Kier molecular flexibility index (Phi) is 4.49. The van der Waals surface area contributed by atoms with Crippen molar-refractivity contribution in [2.24, 2.45) is 13.0 Å². The molecule has 1 aliphatic heterocycles. The van der Waals surface area contributed by atoms with Gasteiger partial charge in [-0.2, -0.15) is 5.10 Å². The van der Waals surface area contributed by atoms with E-state index in [1.165, 1.54) is 0 Å². The lowest BCUT2D eigenvalue weighted by Crippen LogP contribution is -2.34. The number of carbonyl (C=O) groups excluding carboxylic acids is 1. The van der Waals surface area contributed by atoms with Crippen LogP contribution >= 0.6 is 0 Å². The molecule has 0 radical (unpaired) electrons.